The molecule has 0 spiro atoms. The Morgan fingerprint density at radius 2 is 2.07 bits per heavy atom. The van der Waals surface area contributed by atoms with Gasteiger partial charge in [-0.2, -0.15) is 0 Å². The highest BCUT2D eigenvalue weighted by atomic mass is 35.5. The molecule has 0 radical (unpaired) electrons. The van der Waals surface area contributed by atoms with Crippen molar-refractivity contribution in [2.24, 2.45) is 0 Å². The van der Waals surface area contributed by atoms with Gasteiger partial charge in [-0.25, -0.2) is 0 Å². The number of carbonyl (C=O) groups is 1. The number of likely N-dealkylation sites (N-methyl/N-ethyl adjacent to an activating group) is 1. The average molecular weight is 388 g/mol. The van der Waals surface area contributed by atoms with E-state index in [0.29, 0.717) is 28.2 Å². The number of benzene rings is 1. The van der Waals surface area contributed by atoms with Crippen LogP contribution in [0.25, 0.3) is 16.7 Å². The molecule has 0 bridgehead atoms. The lowest BCUT2D eigenvalue weighted by molar-refractivity contribution is 0.111. The number of hydrogen-bond donors (Lipinski definition) is 2. The van der Waals surface area contributed by atoms with Gasteiger partial charge in [-0.15, -0.1) is 0 Å². The SMILES string of the molecule is CNCC1CCCO1.O=Cc1cc2ccc(=O)n(-c3ccc(Cl)cc3)c2[nH]1. The smallest absolute Gasteiger partial charge is 0.256 e. The number of halogens is 1. The molecule has 1 fully saturated rings. The van der Waals surface area contributed by atoms with Crippen LogP contribution in [0.2, 0.25) is 5.02 Å². The molecule has 0 saturated carbocycles. The first-order chi connectivity index (χ1) is 13.1. The lowest BCUT2D eigenvalue weighted by Gasteiger charge is -2.07. The van der Waals surface area contributed by atoms with E-state index in [-0.39, 0.29) is 5.56 Å². The maximum Gasteiger partial charge on any atom is 0.256 e. The second-order valence-electron chi connectivity index (χ2n) is 6.32. The van der Waals surface area contributed by atoms with Crippen LogP contribution in [0.1, 0.15) is 23.3 Å². The minimum atomic E-state index is -0.172. The van der Waals surface area contributed by atoms with Crippen LogP contribution in [0.3, 0.4) is 0 Å². The summed E-state index contributed by atoms with van der Waals surface area (Å²) in [6.07, 6.45) is 3.70. The Bertz CT molecular complexity index is 957. The number of aldehydes is 1. The van der Waals surface area contributed by atoms with Crippen molar-refractivity contribution >= 4 is 28.9 Å². The summed E-state index contributed by atoms with van der Waals surface area (Å²) in [4.78, 5) is 25.8. The van der Waals surface area contributed by atoms with Gasteiger partial charge in [0.1, 0.15) is 5.65 Å². The number of nitrogens with zero attached hydrogens (tertiary/aromatic N) is 1. The third-order valence-corrected chi connectivity index (χ3v) is 4.62. The predicted octanol–water partition coefficient (Wildman–Crippen LogP) is 3.17. The van der Waals surface area contributed by atoms with Gasteiger partial charge in [-0.05, 0) is 56.3 Å². The summed E-state index contributed by atoms with van der Waals surface area (Å²) in [6.45, 7) is 1.98. The molecule has 27 heavy (non-hydrogen) atoms. The molecule has 3 heterocycles. The van der Waals surface area contributed by atoms with Gasteiger partial charge in [0.15, 0.2) is 6.29 Å². The van der Waals surface area contributed by atoms with Gasteiger partial charge in [0, 0.05) is 29.6 Å². The van der Waals surface area contributed by atoms with Crippen LogP contribution in [0.5, 0.6) is 0 Å². The van der Waals surface area contributed by atoms with Crippen LogP contribution in [0.15, 0.2) is 47.3 Å². The minimum Gasteiger partial charge on any atom is -0.377 e. The Balaban J connectivity index is 0.000000221. The molecule has 0 amide bonds. The van der Waals surface area contributed by atoms with E-state index in [1.54, 1.807) is 36.4 Å². The van der Waals surface area contributed by atoms with Crippen LogP contribution >= 0.6 is 11.6 Å². The van der Waals surface area contributed by atoms with Crippen molar-refractivity contribution in [1.82, 2.24) is 14.9 Å². The largest absolute Gasteiger partial charge is 0.377 e. The number of rotatable bonds is 4. The number of hydrogen-bond acceptors (Lipinski definition) is 4. The molecule has 4 rings (SSSR count). The van der Waals surface area contributed by atoms with E-state index in [0.717, 1.165) is 24.8 Å². The summed E-state index contributed by atoms with van der Waals surface area (Å²) < 4.78 is 6.84. The zero-order valence-electron chi connectivity index (χ0n) is 15.1. The van der Waals surface area contributed by atoms with Crippen LogP contribution in [-0.4, -0.2) is 42.1 Å². The lowest BCUT2D eigenvalue weighted by atomic mass is 10.2. The second kappa shape index (κ2) is 8.99. The van der Waals surface area contributed by atoms with Crippen molar-refractivity contribution < 1.29 is 9.53 Å². The number of pyridine rings is 1. The molecule has 2 aromatic heterocycles. The summed E-state index contributed by atoms with van der Waals surface area (Å²) in [6, 6.07) is 11.8. The molecule has 0 aliphatic carbocycles. The highest BCUT2D eigenvalue weighted by Crippen LogP contribution is 2.18. The molecular formula is C20H22ClN3O3. The van der Waals surface area contributed by atoms with Gasteiger partial charge < -0.3 is 15.0 Å². The van der Waals surface area contributed by atoms with Gasteiger partial charge in [0.2, 0.25) is 0 Å². The van der Waals surface area contributed by atoms with E-state index < -0.39 is 0 Å². The van der Waals surface area contributed by atoms with E-state index in [4.69, 9.17) is 16.3 Å². The summed E-state index contributed by atoms with van der Waals surface area (Å²) in [7, 11) is 1.96. The molecule has 1 unspecified atom stereocenters. The van der Waals surface area contributed by atoms with Gasteiger partial charge >= 0.3 is 0 Å². The molecule has 1 aliphatic heterocycles. The fourth-order valence-corrected chi connectivity index (χ4v) is 3.21. The molecule has 1 atom stereocenters. The molecule has 3 aromatic rings. The number of ether oxygens (including phenoxy) is 1. The monoisotopic (exact) mass is 387 g/mol. The van der Waals surface area contributed by atoms with E-state index >= 15 is 0 Å². The molecule has 1 saturated heterocycles. The number of aromatic amines is 1. The third-order valence-electron chi connectivity index (χ3n) is 4.36. The van der Waals surface area contributed by atoms with Gasteiger partial charge in [-0.3, -0.25) is 14.2 Å². The molecule has 1 aromatic carbocycles. The first-order valence-electron chi connectivity index (χ1n) is 8.84. The van der Waals surface area contributed by atoms with E-state index in [9.17, 15) is 9.59 Å². The van der Waals surface area contributed by atoms with Crippen LogP contribution in [0, 0.1) is 0 Å². The zero-order chi connectivity index (χ0) is 19.2. The highest BCUT2D eigenvalue weighted by Gasteiger charge is 2.13. The van der Waals surface area contributed by atoms with Crippen molar-refractivity contribution in [3.63, 3.8) is 0 Å². The van der Waals surface area contributed by atoms with Crippen LogP contribution in [0.4, 0.5) is 0 Å². The molecule has 6 nitrogen and oxygen atoms in total. The summed E-state index contributed by atoms with van der Waals surface area (Å²) in [5.41, 5.74) is 1.55. The number of fused-ring (bicyclic) bond motifs is 1. The number of nitrogens with one attached hydrogen (secondary N) is 2. The molecule has 7 heteroatoms. The van der Waals surface area contributed by atoms with Crippen molar-refractivity contribution in [3.8, 4) is 5.69 Å². The van der Waals surface area contributed by atoms with Gasteiger partial charge in [0.05, 0.1) is 17.5 Å². The topological polar surface area (TPSA) is 76.1 Å². The van der Waals surface area contributed by atoms with Crippen molar-refractivity contribution in [2.45, 2.75) is 18.9 Å². The summed E-state index contributed by atoms with van der Waals surface area (Å²) in [5, 5.41) is 4.49. The molecule has 142 valence electrons. The minimum absolute atomic E-state index is 0.172. The van der Waals surface area contributed by atoms with Crippen molar-refractivity contribution in [2.75, 3.05) is 20.2 Å². The molecular weight excluding hydrogens is 366 g/mol. The lowest BCUT2D eigenvalue weighted by Crippen LogP contribution is -2.22. The normalized spacial score (nSPS) is 16.1. The third kappa shape index (κ3) is 4.66. The second-order valence-corrected chi connectivity index (χ2v) is 6.76. The number of aromatic nitrogens is 2. The Labute approximate surface area is 162 Å². The van der Waals surface area contributed by atoms with Gasteiger partial charge in [-0.1, -0.05) is 11.6 Å². The molecule has 1 aliphatic rings. The first-order valence-corrected chi connectivity index (χ1v) is 9.22. The highest BCUT2D eigenvalue weighted by molar-refractivity contribution is 6.30. The van der Waals surface area contributed by atoms with Crippen LogP contribution in [-0.2, 0) is 4.74 Å². The van der Waals surface area contributed by atoms with E-state index in [1.807, 2.05) is 7.05 Å². The fourth-order valence-electron chi connectivity index (χ4n) is 3.08. The quantitative estimate of drug-likeness (QED) is 0.674. The summed E-state index contributed by atoms with van der Waals surface area (Å²) in [5.74, 6) is 0. The maximum atomic E-state index is 12.0. The average Bonchev–Trinajstić information content (AvgIpc) is 3.33. The zero-order valence-corrected chi connectivity index (χ0v) is 15.8. The Kier molecular flexibility index (Phi) is 6.45. The predicted molar refractivity (Wildman–Crippen MR) is 107 cm³/mol. The number of H-pyrrole nitrogens is 1. The maximum absolute atomic E-state index is 12.0. The molecule has 2 N–H and O–H groups in total. The van der Waals surface area contributed by atoms with Crippen molar-refractivity contribution in [1.29, 1.82) is 0 Å². The van der Waals surface area contributed by atoms with E-state index in [2.05, 4.69) is 10.3 Å². The van der Waals surface area contributed by atoms with Crippen LogP contribution < -0.4 is 10.9 Å². The van der Waals surface area contributed by atoms with Gasteiger partial charge in [0.25, 0.3) is 5.56 Å². The number of carbonyl (C=O) groups excluding carboxylic acids is 1. The van der Waals surface area contributed by atoms with E-state index in [1.165, 1.54) is 23.5 Å². The van der Waals surface area contributed by atoms with Crippen molar-refractivity contribution in [3.05, 3.63) is 63.5 Å². The standard InChI is InChI=1S/C14H9ClN2O2.C6H13NO/c15-10-2-4-12(5-3-10)17-13(19)6-1-9-7-11(8-18)16-14(9)17;1-7-5-6-3-2-4-8-6/h1-8,16H;6-7H,2-5H2,1H3. The Morgan fingerprint density at radius 3 is 2.70 bits per heavy atom. The first kappa shape index (κ1) is 19.4. The Morgan fingerprint density at radius 1 is 1.30 bits per heavy atom. The fraction of sp³-hybridized carbons (Fsp3) is 0.300. The Hall–Kier alpha value is -2.41. The summed E-state index contributed by atoms with van der Waals surface area (Å²) >= 11 is 5.84.